The summed E-state index contributed by atoms with van der Waals surface area (Å²) in [5, 5.41) is 0. The molecular formula is C5H3BBr2O2. The molecule has 2 nitrogen and oxygen atoms in total. The van der Waals surface area contributed by atoms with E-state index in [1.54, 1.807) is 0 Å². The number of hydrogen-bond donors (Lipinski definition) is 0. The van der Waals surface area contributed by atoms with E-state index < -0.39 is 0 Å². The molecule has 0 saturated carbocycles. The molecule has 1 fully saturated rings. The molecule has 0 aromatic heterocycles. The lowest BCUT2D eigenvalue weighted by Gasteiger charge is -2.00. The van der Waals surface area contributed by atoms with Crippen LogP contribution in [0.25, 0.3) is 0 Å². The predicted octanol–water partition coefficient (Wildman–Crippen LogP) is 1.43. The number of ether oxygens (including phenoxy) is 1. The predicted molar refractivity (Wildman–Crippen MR) is 45.1 cm³/mol. The molecule has 0 spiro atoms. The molecule has 10 heavy (non-hydrogen) atoms. The molecule has 1 aliphatic heterocycles. The Morgan fingerprint density at radius 2 is 2.40 bits per heavy atom. The van der Waals surface area contributed by atoms with Crippen molar-refractivity contribution in [3.05, 3.63) is 10.1 Å². The second-order valence-corrected chi connectivity index (χ2v) is 3.82. The van der Waals surface area contributed by atoms with Gasteiger partial charge in [0.05, 0.1) is 11.2 Å². The summed E-state index contributed by atoms with van der Waals surface area (Å²) >= 11 is 6.25. The summed E-state index contributed by atoms with van der Waals surface area (Å²) in [6.45, 7) is 0. The third-order valence-electron chi connectivity index (χ3n) is 1.09. The number of allylic oxidation sites excluding steroid dienone is 1. The summed E-state index contributed by atoms with van der Waals surface area (Å²) in [6.07, 6.45) is 0.349. The molecule has 1 aliphatic rings. The molecule has 52 valence electrons. The van der Waals surface area contributed by atoms with Crippen LogP contribution in [-0.4, -0.2) is 18.6 Å². The smallest absolute Gasteiger partial charge is 0.312 e. The van der Waals surface area contributed by atoms with Gasteiger partial charge in [-0.2, -0.15) is 0 Å². The lowest BCUT2D eigenvalue weighted by atomic mass is 10.1. The molecule has 0 bridgehead atoms. The molecule has 1 rings (SSSR count). The average Bonchev–Trinajstić information content (AvgIpc) is 2.10. The largest absolute Gasteiger partial charge is 0.430 e. The van der Waals surface area contributed by atoms with Gasteiger partial charge >= 0.3 is 5.97 Å². The Morgan fingerprint density at radius 1 is 1.80 bits per heavy atom. The number of esters is 1. The zero-order valence-electron chi connectivity index (χ0n) is 4.93. The normalized spacial score (nSPS) is 30.2. The Labute approximate surface area is 76.7 Å². The van der Waals surface area contributed by atoms with Crippen molar-refractivity contribution in [2.24, 2.45) is 0 Å². The number of halogens is 2. The first-order valence-electron chi connectivity index (χ1n) is 2.61. The summed E-state index contributed by atoms with van der Waals surface area (Å²) in [5.41, 5.74) is 0. The van der Waals surface area contributed by atoms with Crippen LogP contribution in [0.2, 0.25) is 0 Å². The zero-order valence-corrected chi connectivity index (χ0v) is 8.11. The molecular weight excluding hydrogens is 263 g/mol. The Kier molecular flexibility index (Phi) is 2.58. The summed E-state index contributed by atoms with van der Waals surface area (Å²) in [7, 11) is 5.34. The van der Waals surface area contributed by atoms with Crippen molar-refractivity contribution in [2.75, 3.05) is 0 Å². The minimum absolute atomic E-state index is 0.0700. The van der Waals surface area contributed by atoms with Gasteiger partial charge < -0.3 is 4.74 Å². The van der Waals surface area contributed by atoms with E-state index in [1.807, 2.05) is 0 Å². The molecule has 5 heteroatoms. The van der Waals surface area contributed by atoms with Gasteiger partial charge in [0.25, 0.3) is 0 Å². The average molecular weight is 266 g/mol. The highest BCUT2D eigenvalue weighted by Gasteiger charge is 2.28. The maximum absolute atomic E-state index is 10.6. The Balaban J connectivity index is 2.83. The Bertz CT molecular complexity index is 198. The molecule has 0 aromatic carbocycles. The molecule has 2 radical (unpaired) electrons. The van der Waals surface area contributed by atoms with E-state index in [-0.39, 0.29) is 10.8 Å². The fourth-order valence-corrected chi connectivity index (χ4v) is 1.93. The molecule has 0 aromatic rings. The second-order valence-electron chi connectivity index (χ2n) is 1.86. The van der Waals surface area contributed by atoms with Crippen molar-refractivity contribution in [2.45, 2.75) is 11.2 Å². The topological polar surface area (TPSA) is 26.3 Å². The first kappa shape index (κ1) is 8.33. The minimum atomic E-state index is -0.251. The molecule has 1 saturated heterocycles. The van der Waals surface area contributed by atoms with E-state index in [2.05, 4.69) is 31.9 Å². The number of cyclic esters (lactones) is 1. The number of carbonyl (C=O) groups excluding carboxylic acids is 1. The fourth-order valence-electron chi connectivity index (χ4n) is 0.666. The van der Waals surface area contributed by atoms with Crippen LogP contribution in [0.3, 0.4) is 0 Å². The SMILES string of the molecule is [B]/C(Br)=C1/OC(=O)CC1Br. The molecule has 1 atom stereocenters. The maximum atomic E-state index is 10.6. The first-order chi connectivity index (χ1) is 4.61. The lowest BCUT2D eigenvalue weighted by Crippen LogP contribution is -1.94. The number of alkyl halides is 1. The molecule has 0 aliphatic carbocycles. The van der Waals surface area contributed by atoms with E-state index in [9.17, 15) is 4.79 Å². The molecule has 1 unspecified atom stereocenters. The van der Waals surface area contributed by atoms with Crippen molar-refractivity contribution < 1.29 is 9.53 Å². The fraction of sp³-hybridized carbons (Fsp3) is 0.400. The standard InChI is InChI=1S/C5H3BBr2O2/c6-5(8)4-2(7)1-3(9)10-4/h2H,1H2/b5-4-. The highest BCUT2D eigenvalue weighted by molar-refractivity contribution is 9.12. The van der Waals surface area contributed by atoms with Gasteiger partial charge in [0.1, 0.15) is 13.6 Å². The van der Waals surface area contributed by atoms with Gasteiger partial charge in [0.15, 0.2) is 0 Å². The van der Waals surface area contributed by atoms with E-state index in [4.69, 9.17) is 12.6 Å². The van der Waals surface area contributed by atoms with Crippen LogP contribution in [0.4, 0.5) is 0 Å². The van der Waals surface area contributed by atoms with Crippen molar-refractivity contribution in [3.63, 3.8) is 0 Å². The van der Waals surface area contributed by atoms with Crippen LogP contribution >= 0.6 is 31.9 Å². The summed E-state index contributed by atoms with van der Waals surface area (Å²) in [6, 6.07) is 0. The third-order valence-corrected chi connectivity index (χ3v) is 2.22. The Hall–Kier alpha value is 0.235. The highest BCUT2D eigenvalue weighted by atomic mass is 79.9. The van der Waals surface area contributed by atoms with Crippen LogP contribution in [0, 0.1) is 0 Å². The van der Waals surface area contributed by atoms with Crippen molar-refractivity contribution in [1.29, 1.82) is 0 Å². The van der Waals surface area contributed by atoms with Crippen LogP contribution in [-0.2, 0) is 9.53 Å². The van der Waals surface area contributed by atoms with Crippen LogP contribution in [0.1, 0.15) is 6.42 Å². The van der Waals surface area contributed by atoms with Gasteiger partial charge in [-0.1, -0.05) is 31.9 Å². The quantitative estimate of drug-likeness (QED) is 0.376. The Morgan fingerprint density at radius 3 is 2.60 bits per heavy atom. The molecule has 0 amide bonds. The van der Waals surface area contributed by atoms with E-state index >= 15 is 0 Å². The second kappa shape index (κ2) is 3.09. The first-order valence-corrected chi connectivity index (χ1v) is 4.32. The van der Waals surface area contributed by atoms with Gasteiger partial charge in [-0.3, -0.25) is 4.79 Å². The van der Waals surface area contributed by atoms with Crippen LogP contribution < -0.4 is 0 Å². The zero-order chi connectivity index (χ0) is 7.72. The maximum Gasteiger partial charge on any atom is 0.312 e. The monoisotopic (exact) mass is 264 g/mol. The van der Waals surface area contributed by atoms with E-state index in [1.165, 1.54) is 0 Å². The minimum Gasteiger partial charge on any atom is -0.430 e. The van der Waals surface area contributed by atoms with E-state index in [0.717, 1.165) is 0 Å². The summed E-state index contributed by atoms with van der Waals surface area (Å²) < 4.78 is 5.13. The van der Waals surface area contributed by atoms with Gasteiger partial charge in [0.2, 0.25) is 0 Å². The van der Waals surface area contributed by atoms with Gasteiger partial charge in [-0.15, -0.1) is 0 Å². The van der Waals surface area contributed by atoms with Crippen molar-refractivity contribution in [1.82, 2.24) is 0 Å². The van der Waals surface area contributed by atoms with E-state index in [0.29, 0.717) is 16.6 Å². The lowest BCUT2D eigenvalue weighted by molar-refractivity contribution is -0.135. The van der Waals surface area contributed by atoms with Crippen LogP contribution in [0.5, 0.6) is 0 Å². The molecule has 0 N–H and O–H groups in total. The summed E-state index contributed by atoms with van der Waals surface area (Å²) in [5.74, 6) is 0.226. The highest BCUT2D eigenvalue weighted by Crippen LogP contribution is 2.29. The third kappa shape index (κ3) is 1.64. The van der Waals surface area contributed by atoms with Gasteiger partial charge in [-0.25, -0.2) is 0 Å². The molecule has 1 heterocycles. The van der Waals surface area contributed by atoms with Crippen molar-refractivity contribution >= 4 is 45.7 Å². The van der Waals surface area contributed by atoms with Gasteiger partial charge in [-0.05, 0) is 4.38 Å². The number of hydrogen-bond acceptors (Lipinski definition) is 2. The summed E-state index contributed by atoms with van der Waals surface area (Å²) in [4.78, 5) is 10.5. The van der Waals surface area contributed by atoms with Gasteiger partial charge in [0, 0.05) is 0 Å². The van der Waals surface area contributed by atoms with Crippen molar-refractivity contribution in [3.8, 4) is 0 Å². The number of rotatable bonds is 0. The van der Waals surface area contributed by atoms with Crippen LogP contribution in [0.15, 0.2) is 10.1 Å². The number of carbonyl (C=O) groups is 1.